The van der Waals surface area contributed by atoms with Crippen molar-refractivity contribution in [2.45, 2.75) is 19.0 Å². The zero-order valence-electron chi connectivity index (χ0n) is 22.1. The van der Waals surface area contributed by atoms with Crippen LogP contribution in [0.2, 0.25) is 10.0 Å². The topological polar surface area (TPSA) is 99.0 Å². The molecule has 3 N–H and O–H groups in total. The standard InChI is InChI=1S/C29H28Cl2IN5O3.ClH/c1-17(22-8-6-20(31)14-24(22)33)37-27(18-2-4-19(30)5-3-18)29(40)36(16-26(38)35-12-10-34-11-13-35)25-9-7-21(32)15-23(25)28(37)39;/h2-9,14-15,17,27,34H,10-13,16,33H2,1H3;1H/t17?,27-;/m0./s1. The minimum absolute atomic E-state index is 0. The number of anilines is 2. The van der Waals surface area contributed by atoms with Gasteiger partial charge in [-0.1, -0.05) is 41.4 Å². The van der Waals surface area contributed by atoms with Crippen LogP contribution >= 0.6 is 58.2 Å². The highest BCUT2D eigenvalue weighted by atomic mass is 127. The predicted octanol–water partition coefficient (Wildman–Crippen LogP) is 5.33. The molecule has 8 nitrogen and oxygen atoms in total. The van der Waals surface area contributed by atoms with Gasteiger partial charge in [0.1, 0.15) is 12.6 Å². The van der Waals surface area contributed by atoms with Crippen molar-refractivity contribution < 1.29 is 14.4 Å². The number of fused-ring (bicyclic) bond motifs is 1. The minimum Gasteiger partial charge on any atom is -0.398 e. The van der Waals surface area contributed by atoms with E-state index < -0.39 is 18.0 Å². The first-order valence-corrected chi connectivity index (χ1v) is 14.7. The Balaban J connectivity index is 0.00000387. The van der Waals surface area contributed by atoms with Gasteiger partial charge >= 0.3 is 0 Å². The summed E-state index contributed by atoms with van der Waals surface area (Å²) >= 11 is 14.5. The van der Waals surface area contributed by atoms with E-state index in [1.807, 2.05) is 13.0 Å². The van der Waals surface area contributed by atoms with E-state index in [4.69, 9.17) is 28.9 Å². The van der Waals surface area contributed by atoms with Crippen LogP contribution in [0.25, 0.3) is 0 Å². The number of rotatable bonds is 5. The van der Waals surface area contributed by atoms with E-state index >= 15 is 0 Å². The molecule has 2 aliphatic rings. The van der Waals surface area contributed by atoms with Crippen LogP contribution in [0.4, 0.5) is 11.4 Å². The second-order valence-electron chi connectivity index (χ2n) is 9.83. The molecule has 3 aromatic rings. The maximum Gasteiger partial charge on any atom is 0.257 e. The monoisotopic (exact) mass is 727 g/mol. The molecule has 2 atom stereocenters. The van der Waals surface area contributed by atoms with Crippen LogP contribution in [-0.2, 0) is 9.59 Å². The summed E-state index contributed by atoms with van der Waals surface area (Å²) in [7, 11) is 0. The molecule has 3 aromatic carbocycles. The summed E-state index contributed by atoms with van der Waals surface area (Å²) < 4.78 is 0.828. The summed E-state index contributed by atoms with van der Waals surface area (Å²) in [6.07, 6.45) is 0. The molecule has 2 aliphatic heterocycles. The van der Waals surface area contributed by atoms with Crippen LogP contribution in [0.5, 0.6) is 0 Å². The number of nitrogens with two attached hydrogens (primary N) is 1. The molecule has 0 aromatic heterocycles. The molecule has 12 heteroatoms. The number of nitrogens with one attached hydrogen (secondary N) is 1. The highest BCUT2D eigenvalue weighted by Gasteiger charge is 2.44. The fourth-order valence-electron chi connectivity index (χ4n) is 5.29. The average molecular weight is 729 g/mol. The van der Waals surface area contributed by atoms with Gasteiger partial charge in [-0.25, -0.2) is 0 Å². The zero-order valence-corrected chi connectivity index (χ0v) is 26.6. The fraction of sp³-hybridized carbons (Fsp3) is 0.276. The van der Waals surface area contributed by atoms with Gasteiger partial charge in [0.15, 0.2) is 0 Å². The van der Waals surface area contributed by atoms with Crippen LogP contribution in [0.15, 0.2) is 60.7 Å². The van der Waals surface area contributed by atoms with E-state index in [0.717, 1.165) is 3.57 Å². The van der Waals surface area contributed by atoms with Gasteiger partial charge in [-0.15, -0.1) is 12.4 Å². The third-order valence-electron chi connectivity index (χ3n) is 7.36. The lowest BCUT2D eigenvalue weighted by Gasteiger charge is -2.36. The molecular weight excluding hydrogens is 700 g/mol. The van der Waals surface area contributed by atoms with Gasteiger partial charge in [0.2, 0.25) is 5.91 Å². The van der Waals surface area contributed by atoms with Crippen molar-refractivity contribution in [2.24, 2.45) is 0 Å². The Kier molecular flexibility index (Phi) is 10.1. The zero-order chi connectivity index (χ0) is 28.6. The minimum atomic E-state index is -1.05. The SMILES string of the molecule is CC(c1ccc(Cl)cc1N)N1C(=O)c2cc(I)ccc2N(CC(=O)N2CCNCC2)C(=O)[C@@H]1c1ccc(Cl)cc1.Cl. The number of amides is 3. The summed E-state index contributed by atoms with van der Waals surface area (Å²) in [4.78, 5) is 47.2. The van der Waals surface area contributed by atoms with Gasteiger partial charge in [0.05, 0.1) is 17.3 Å². The summed E-state index contributed by atoms with van der Waals surface area (Å²) in [5.41, 5.74) is 8.73. The highest BCUT2D eigenvalue weighted by molar-refractivity contribution is 14.1. The van der Waals surface area contributed by atoms with Crippen molar-refractivity contribution in [3.63, 3.8) is 0 Å². The maximum absolute atomic E-state index is 14.6. The lowest BCUT2D eigenvalue weighted by atomic mass is 9.97. The van der Waals surface area contributed by atoms with E-state index in [1.54, 1.807) is 64.4 Å². The van der Waals surface area contributed by atoms with Crippen LogP contribution in [0.1, 0.15) is 40.5 Å². The molecule has 1 unspecified atom stereocenters. The molecule has 5 rings (SSSR count). The molecule has 216 valence electrons. The molecule has 1 fully saturated rings. The van der Waals surface area contributed by atoms with Crippen molar-refractivity contribution in [3.8, 4) is 0 Å². The normalized spacial score (nSPS) is 18.0. The lowest BCUT2D eigenvalue weighted by Crippen LogP contribution is -2.51. The van der Waals surface area contributed by atoms with Crippen molar-refractivity contribution in [3.05, 3.63) is 91.0 Å². The summed E-state index contributed by atoms with van der Waals surface area (Å²) in [5.74, 6) is -0.913. The average Bonchev–Trinajstić information content (AvgIpc) is 3.02. The van der Waals surface area contributed by atoms with Crippen molar-refractivity contribution in [1.82, 2.24) is 15.1 Å². The Morgan fingerprint density at radius 3 is 2.34 bits per heavy atom. The number of carbonyl (C=O) groups is 3. The summed E-state index contributed by atoms with van der Waals surface area (Å²) in [6, 6.07) is 15.6. The van der Waals surface area contributed by atoms with Gasteiger partial charge in [-0.05, 0) is 83.1 Å². The third-order valence-corrected chi connectivity index (χ3v) is 8.52. The number of nitrogen functional groups attached to an aromatic ring is 1. The van der Waals surface area contributed by atoms with Gasteiger partial charge in [-0.2, -0.15) is 0 Å². The van der Waals surface area contributed by atoms with Gasteiger partial charge in [0.25, 0.3) is 11.8 Å². The molecule has 0 bridgehead atoms. The Morgan fingerprint density at radius 1 is 1.02 bits per heavy atom. The second kappa shape index (κ2) is 13.2. The second-order valence-corrected chi connectivity index (χ2v) is 12.0. The molecule has 2 heterocycles. The van der Waals surface area contributed by atoms with Crippen LogP contribution in [-0.4, -0.2) is 60.2 Å². The molecule has 0 aliphatic carbocycles. The first-order valence-electron chi connectivity index (χ1n) is 12.9. The maximum atomic E-state index is 14.6. The molecule has 0 spiro atoms. The van der Waals surface area contributed by atoms with Crippen LogP contribution in [0, 0.1) is 3.57 Å². The third kappa shape index (κ3) is 6.44. The molecule has 1 saturated heterocycles. The molecular formula is C29H29Cl3IN5O3. The van der Waals surface area contributed by atoms with E-state index in [1.165, 1.54) is 4.90 Å². The van der Waals surface area contributed by atoms with Gasteiger partial charge in [-0.3, -0.25) is 14.4 Å². The predicted molar refractivity (Wildman–Crippen MR) is 173 cm³/mol. The Bertz CT molecular complexity index is 1470. The van der Waals surface area contributed by atoms with Crippen molar-refractivity contribution in [1.29, 1.82) is 0 Å². The first-order chi connectivity index (χ1) is 19.2. The first kappa shape index (κ1) is 31.4. The number of carbonyl (C=O) groups excluding carboxylic acids is 3. The van der Waals surface area contributed by atoms with E-state index in [0.29, 0.717) is 64.3 Å². The van der Waals surface area contributed by atoms with Crippen LogP contribution < -0.4 is 16.0 Å². The lowest BCUT2D eigenvalue weighted by molar-refractivity contribution is -0.132. The van der Waals surface area contributed by atoms with Crippen LogP contribution in [0.3, 0.4) is 0 Å². The Hall–Kier alpha value is -2.57. The molecule has 0 radical (unpaired) electrons. The number of benzene rings is 3. The summed E-state index contributed by atoms with van der Waals surface area (Å²) in [6.45, 7) is 4.14. The highest BCUT2D eigenvalue weighted by Crippen LogP contribution is 2.41. The van der Waals surface area contributed by atoms with Gasteiger partial charge in [0, 0.05) is 45.5 Å². The number of hydrogen-bond acceptors (Lipinski definition) is 5. The number of piperazine rings is 1. The Labute approximate surface area is 268 Å². The van der Waals surface area contributed by atoms with Crippen molar-refractivity contribution in [2.75, 3.05) is 43.4 Å². The van der Waals surface area contributed by atoms with E-state index in [-0.39, 0.29) is 30.8 Å². The van der Waals surface area contributed by atoms with E-state index in [2.05, 4.69) is 27.9 Å². The number of hydrogen-bond donors (Lipinski definition) is 2. The smallest absolute Gasteiger partial charge is 0.257 e. The quantitative estimate of drug-likeness (QED) is 0.274. The van der Waals surface area contributed by atoms with Crippen molar-refractivity contribution >= 4 is 87.3 Å². The van der Waals surface area contributed by atoms with Gasteiger partial charge < -0.3 is 25.8 Å². The Morgan fingerprint density at radius 2 is 1.68 bits per heavy atom. The summed E-state index contributed by atoms with van der Waals surface area (Å²) in [5, 5.41) is 4.21. The van der Waals surface area contributed by atoms with E-state index in [9.17, 15) is 14.4 Å². The fourth-order valence-corrected chi connectivity index (χ4v) is 6.09. The largest absolute Gasteiger partial charge is 0.398 e. The number of halogens is 4. The number of nitrogens with zero attached hydrogens (tertiary/aromatic N) is 3. The molecule has 3 amide bonds. The molecule has 41 heavy (non-hydrogen) atoms. The molecule has 0 saturated carbocycles.